The Balaban J connectivity index is 1.66. The van der Waals surface area contributed by atoms with Gasteiger partial charge in [-0.15, -0.1) is 0 Å². The predicted molar refractivity (Wildman–Crippen MR) is 82.7 cm³/mol. The summed E-state index contributed by atoms with van der Waals surface area (Å²) in [5.41, 5.74) is 0. The quantitative estimate of drug-likeness (QED) is 0.686. The number of anilines is 2. The van der Waals surface area contributed by atoms with Crippen molar-refractivity contribution < 1.29 is 0 Å². The first-order valence-electron chi connectivity index (χ1n) is 7.83. The van der Waals surface area contributed by atoms with E-state index in [1.54, 1.807) is 0 Å². The van der Waals surface area contributed by atoms with Crippen molar-refractivity contribution >= 4 is 11.6 Å². The van der Waals surface area contributed by atoms with Gasteiger partial charge in [0, 0.05) is 13.1 Å². The van der Waals surface area contributed by atoms with Gasteiger partial charge in [0.1, 0.15) is 11.6 Å². The van der Waals surface area contributed by atoms with Gasteiger partial charge in [-0.25, -0.2) is 4.98 Å². The number of rotatable bonds is 8. The van der Waals surface area contributed by atoms with Gasteiger partial charge in [-0.2, -0.15) is 0 Å². The predicted octanol–water partition coefficient (Wildman–Crippen LogP) is 4.29. The summed E-state index contributed by atoms with van der Waals surface area (Å²) in [6.07, 6.45) is 9.57. The van der Waals surface area contributed by atoms with E-state index in [4.69, 9.17) is 0 Å². The number of aromatic nitrogens is 1. The van der Waals surface area contributed by atoms with Crippen LogP contribution in [0.1, 0.15) is 51.9 Å². The maximum Gasteiger partial charge on any atom is 0.128 e. The van der Waals surface area contributed by atoms with E-state index in [1.165, 1.54) is 38.5 Å². The molecule has 1 fully saturated rings. The lowest BCUT2D eigenvalue weighted by Crippen LogP contribution is -2.07. The number of nitrogens with one attached hydrogen (secondary N) is 2. The second kappa shape index (κ2) is 8.03. The first-order valence-corrected chi connectivity index (χ1v) is 7.83. The van der Waals surface area contributed by atoms with Gasteiger partial charge in [0.15, 0.2) is 0 Å². The molecular weight excluding hydrogens is 234 g/mol. The number of nitrogens with zero attached hydrogens (tertiary/aromatic N) is 1. The highest BCUT2D eigenvalue weighted by Gasteiger charge is 2.13. The number of hydrogen-bond donors (Lipinski definition) is 2. The molecule has 0 aromatic carbocycles. The number of pyridine rings is 1. The van der Waals surface area contributed by atoms with Gasteiger partial charge in [0.2, 0.25) is 0 Å². The van der Waals surface area contributed by atoms with Crippen molar-refractivity contribution in [1.82, 2.24) is 4.98 Å². The van der Waals surface area contributed by atoms with Gasteiger partial charge in [0.05, 0.1) is 0 Å². The average Bonchev–Trinajstić information content (AvgIpc) is 2.95. The number of hydrogen-bond acceptors (Lipinski definition) is 3. The summed E-state index contributed by atoms with van der Waals surface area (Å²) in [6, 6.07) is 6.14. The third-order valence-corrected chi connectivity index (χ3v) is 3.88. The first kappa shape index (κ1) is 14.2. The van der Waals surface area contributed by atoms with Crippen molar-refractivity contribution in [2.45, 2.75) is 51.9 Å². The second-order valence-corrected chi connectivity index (χ2v) is 5.55. The Morgan fingerprint density at radius 3 is 2.47 bits per heavy atom. The van der Waals surface area contributed by atoms with Crippen molar-refractivity contribution in [1.29, 1.82) is 0 Å². The molecule has 0 unspecified atom stereocenters. The minimum absolute atomic E-state index is 0.975. The first-order chi connectivity index (χ1) is 9.38. The molecule has 2 N–H and O–H groups in total. The molecule has 2 rings (SSSR count). The van der Waals surface area contributed by atoms with Gasteiger partial charge >= 0.3 is 0 Å². The van der Waals surface area contributed by atoms with E-state index in [1.807, 2.05) is 12.1 Å². The van der Waals surface area contributed by atoms with E-state index in [-0.39, 0.29) is 0 Å². The lowest BCUT2D eigenvalue weighted by molar-refractivity contribution is 0.491. The van der Waals surface area contributed by atoms with Crippen LogP contribution >= 0.6 is 0 Å². The minimum Gasteiger partial charge on any atom is -0.370 e. The highest BCUT2D eigenvalue weighted by Crippen LogP contribution is 2.28. The average molecular weight is 261 g/mol. The summed E-state index contributed by atoms with van der Waals surface area (Å²) in [5.74, 6) is 2.96. The molecule has 1 heterocycles. The molecule has 1 aliphatic carbocycles. The highest BCUT2D eigenvalue weighted by molar-refractivity contribution is 5.44. The second-order valence-electron chi connectivity index (χ2n) is 5.55. The lowest BCUT2D eigenvalue weighted by Gasteiger charge is -2.10. The monoisotopic (exact) mass is 261 g/mol. The largest absolute Gasteiger partial charge is 0.370 e. The van der Waals surface area contributed by atoms with Gasteiger partial charge in [0.25, 0.3) is 0 Å². The molecule has 1 saturated carbocycles. The Labute approximate surface area is 117 Å². The third kappa shape index (κ3) is 5.09. The molecule has 106 valence electrons. The van der Waals surface area contributed by atoms with E-state index in [0.29, 0.717) is 0 Å². The molecule has 0 atom stereocenters. The van der Waals surface area contributed by atoms with Gasteiger partial charge in [-0.05, 0) is 37.3 Å². The van der Waals surface area contributed by atoms with Crippen LogP contribution < -0.4 is 10.6 Å². The van der Waals surface area contributed by atoms with Crippen LogP contribution in [0.15, 0.2) is 18.2 Å². The smallest absolute Gasteiger partial charge is 0.128 e. The zero-order chi connectivity index (χ0) is 13.3. The molecule has 0 bridgehead atoms. The van der Waals surface area contributed by atoms with Crippen LogP contribution in [0.5, 0.6) is 0 Å². The Kier molecular flexibility index (Phi) is 5.99. The fourth-order valence-corrected chi connectivity index (χ4v) is 2.79. The molecule has 0 saturated heterocycles. The minimum atomic E-state index is 0.975. The van der Waals surface area contributed by atoms with Crippen LogP contribution in [0.25, 0.3) is 0 Å². The van der Waals surface area contributed by atoms with Crippen molar-refractivity contribution in [3.05, 3.63) is 18.2 Å². The van der Waals surface area contributed by atoms with Gasteiger partial charge < -0.3 is 10.6 Å². The molecule has 0 spiro atoms. The summed E-state index contributed by atoms with van der Waals surface area (Å²) in [6.45, 7) is 4.19. The van der Waals surface area contributed by atoms with Crippen LogP contribution in [-0.2, 0) is 0 Å². The normalized spacial score (nSPS) is 15.6. The van der Waals surface area contributed by atoms with Crippen LogP contribution in [0.4, 0.5) is 11.6 Å². The molecule has 1 aliphatic rings. The van der Waals surface area contributed by atoms with Crippen molar-refractivity contribution in [3.63, 3.8) is 0 Å². The molecule has 3 heteroatoms. The molecule has 0 amide bonds. The standard InChI is InChI=1S/C16H27N3/c1-2-12-17-15-10-5-11-16(19-15)18-13-6-9-14-7-3-4-8-14/h5,10-11,14H,2-4,6-9,12-13H2,1H3,(H2,17,18,19). The molecule has 0 radical (unpaired) electrons. The maximum absolute atomic E-state index is 4.56. The van der Waals surface area contributed by atoms with Crippen LogP contribution in [0, 0.1) is 5.92 Å². The Morgan fingerprint density at radius 1 is 1.11 bits per heavy atom. The van der Waals surface area contributed by atoms with E-state index in [2.05, 4.69) is 28.6 Å². The van der Waals surface area contributed by atoms with Crippen molar-refractivity contribution in [2.75, 3.05) is 23.7 Å². The third-order valence-electron chi connectivity index (χ3n) is 3.88. The molecule has 19 heavy (non-hydrogen) atoms. The van der Waals surface area contributed by atoms with Crippen molar-refractivity contribution in [2.24, 2.45) is 5.92 Å². The zero-order valence-corrected chi connectivity index (χ0v) is 12.1. The van der Waals surface area contributed by atoms with Gasteiger partial charge in [-0.1, -0.05) is 38.7 Å². The summed E-state index contributed by atoms with van der Waals surface area (Å²) < 4.78 is 0. The Morgan fingerprint density at radius 2 is 1.79 bits per heavy atom. The fourth-order valence-electron chi connectivity index (χ4n) is 2.79. The Bertz CT molecular complexity index is 359. The molecule has 1 aromatic heterocycles. The molecule has 1 aromatic rings. The van der Waals surface area contributed by atoms with Gasteiger partial charge in [-0.3, -0.25) is 0 Å². The molecule has 0 aliphatic heterocycles. The van der Waals surface area contributed by atoms with E-state index in [9.17, 15) is 0 Å². The summed E-state index contributed by atoms with van der Waals surface area (Å²) in [5, 5.41) is 6.75. The van der Waals surface area contributed by atoms with Crippen molar-refractivity contribution in [3.8, 4) is 0 Å². The highest BCUT2D eigenvalue weighted by atomic mass is 15.1. The maximum atomic E-state index is 4.56. The SMILES string of the molecule is CCCNc1cccc(NCCCC2CCCC2)n1. The summed E-state index contributed by atoms with van der Waals surface area (Å²) in [7, 11) is 0. The zero-order valence-electron chi connectivity index (χ0n) is 12.1. The Hall–Kier alpha value is -1.25. The summed E-state index contributed by atoms with van der Waals surface area (Å²) >= 11 is 0. The van der Waals surface area contributed by atoms with Crippen LogP contribution in [0.3, 0.4) is 0 Å². The van der Waals surface area contributed by atoms with E-state index < -0.39 is 0 Å². The topological polar surface area (TPSA) is 37.0 Å². The van der Waals surface area contributed by atoms with Crippen LogP contribution in [-0.4, -0.2) is 18.1 Å². The van der Waals surface area contributed by atoms with E-state index >= 15 is 0 Å². The van der Waals surface area contributed by atoms with E-state index in [0.717, 1.165) is 37.1 Å². The van der Waals surface area contributed by atoms with Crippen LogP contribution in [0.2, 0.25) is 0 Å². The summed E-state index contributed by atoms with van der Waals surface area (Å²) in [4.78, 5) is 4.56. The molecular formula is C16H27N3. The molecule has 3 nitrogen and oxygen atoms in total. The fraction of sp³-hybridized carbons (Fsp3) is 0.688. The lowest BCUT2D eigenvalue weighted by atomic mass is 10.0.